The Morgan fingerprint density at radius 1 is 1.40 bits per heavy atom. The molecule has 2 rings (SSSR count). The van der Waals surface area contributed by atoms with E-state index in [1.165, 1.54) is 4.88 Å². The molecular formula is C14H20ClN3OS. The Morgan fingerprint density at radius 3 is 2.85 bits per heavy atom. The van der Waals surface area contributed by atoms with Gasteiger partial charge in [-0.25, -0.2) is 0 Å². The molecule has 2 aromatic heterocycles. The first-order chi connectivity index (χ1) is 9.20. The van der Waals surface area contributed by atoms with Gasteiger partial charge < -0.3 is 15.2 Å². The molecule has 0 spiro atoms. The van der Waals surface area contributed by atoms with Gasteiger partial charge in [0.15, 0.2) is 0 Å². The number of amides is 1. The molecule has 0 aromatic carbocycles. The van der Waals surface area contributed by atoms with Gasteiger partial charge in [0.1, 0.15) is 5.69 Å². The molecule has 4 nitrogen and oxygen atoms in total. The van der Waals surface area contributed by atoms with E-state index in [1.54, 1.807) is 11.3 Å². The maximum Gasteiger partial charge on any atom is 0.267 e. The Balaban J connectivity index is 0.00000200. The van der Waals surface area contributed by atoms with Crippen LogP contribution in [0.1, 0.15) is 22.3 Å². The second-order valence-corrected chi connectivity index (χ2v) is 5.53. The SMILES string of the molecule is CNC(C)CNC(=O)c1cccn1Cc1cccs1.Cl. The topological polar surface area (TPSA) is 46.1 Å². The van der Waals surface area contributed by atoms with Gasteiger partial charge in [-0.2, -0.15) is 0 Å². The Kier molecular flexibility index (Phi) is 6.78. The average molecular weight is 314 g/mol. The summed E-state index contributed by atoms with van der Waals surface area (Å²) < 4.78 is 1.98. The molecule has 0 bridgehead atoms. The highest BCUT2D eigenvalue weighted by Gasteiger charge is 2.11. The lowest BCUT2D eigenvalue weighted by Crippen LogP contribution is -2.37. The summed E-state index contributed by atoms with van der Waals surface area (Å²) >= 11 is 1.70. The van der Waals surface area contributed by atoms with E-state index in [4.69, 9.17) is 0 Å². The first kappa shape index (κ1) is 16.8. The van der Waals surface area contributed by atoms with E-state index >= 15 is 0 Å². The largest absolute Gasteiger partial charge is 0.349 e. The van der Waals surface area contributed by atoms with Gasteiger partial charge in [-0.3, -0.25) is 4.79 Å². The number of carbonyl (C=O) groups excluding carboxylic acids is 1. The summed E-state index contributed by atoms with van der Waals surface area (Å²) in [6.07, 6.45) is 1.94. The second kappa shape index (κ2) is 8.09. The third-order valence-corrected chi connectivity index (χ3v) is 3.89. The van der Waals surface area contributed by atoms with E-state index < -0.39 is 0 Å². The molecule has 0 aliphatic carbocycles. The summed E-state index contributed by atoms with van der Waals surface area (Å²) in [6.45, 7) is 3.40. The molecule has 20 heavy (non-hydrogen) atoms. The van der Waals surface area contributed by atoms with Crippen LogP contribution >= 0.6 is 23.7 Å². The van der Waals surface area contributed by atoms with Gasteiger partial charge in [0.25, 0.3) is 5.91 Å². The lowest BCUT2D eigenvalue weighted by Gasteiger charge is -2.12. The fraction of sp³-hybridized carbons (Fsp3) is 0.357. The van der Waals surface area contributed by atoms with Crippen molar-refractivity contribution in [2.24, 2.45) is 0 Å². The predicted molar refractivity (Wildman–Crippen MR) is 86.0 cm³/mol. The normalized spacial score (nSPS) is 11.7. The van der Waals surface area contributed by atoms with Crippen LogP contribution in [0, 0.1) is 0 Å². The zero-order chi connectivity index (χ0) is 13.7. The van der Waals surface area contributed by atoms with Gasteiger partial charge in [0.05, 0.1) is 6.54 Å². The molecule has 0 saturated heterocycles. The molecule has 1 amide bonds. The molecule has 1 atom stereocenters. The minimum Gasteiger partial charge on any atom is -0.349 e. The summed E-state index contributed by atoms with van der Waals surface area (Å²) in [7, 11) is 1.89. The first-order valence-corrected chi connectivity index (χ1v) is 7.21. The van der Waals surface area contributed by atoms with Crippen molar-refractivity contribution >= 4 is 29.7 Å². The van der Waals surface area contributed by atoms with Crippen LogP contribution in [-0.2, 0) is 6.54 Å². The van der Waals surface area contributed by atoms with Crippen LogP contribution in [0.5, 0.6) is 0 Å². The predicted octanol–water partition coefficient (Wildman–Crippen LogP) is 2.36. The number of hydrogen-bond acceptors (Lipinski definition) is 3. The maximum atomic E-state index is 12.1. The van der Waals surface area contributed by atoms with Crippen molar-refractivity contribution in [2.75, 3.05) is 13.6 Å². The summed E-state index contributed by atoms with van der Waals surface area (Å²) in [5.74, 6) is -0.0244. The number of rotatable bonds is 6. The molecule has 2 N–H and O–H groups in total. The van der Waals surface area contributed by atoms with Crippen molar-refractivity contribution in [3.05, 3.63) is 46.4 Å². The van der Waals surface area contributed by atoms with Gasteiger partial charge >= 0.3 is 0 Å². The van der Waals surface area contributed by atoms with Crippen LogP contribution in [0.2, 0.25) is 0 Å². The highest BCUT2D eigenvalue weighted by atomic mass is 35.5. The summed E-state index contributed by atoms with van der Waals surface area (Å²) in [6, 6.07) is 8.13. The molecule has 2 heterocycles. The highest BCUT2D eigenvalue weighted by molar-refractivity contribution is 7.09. The number of carbonyl (C=O) groups is 1. The van der Waals surface area contributed by atoms with Crippen molar-refractivity contribution in [3.8, 4) is 0 Å². The lowest BCUT2D eigenvalue weighted by atomic mass is 10.3. The quantitative estimate of drug-likeness (QED) is 0.860. The monoisotopic (exact) mass is 313 g/mol. The number of likely N-dealkylation sites (N-methyl/N-ethyl adjacent to an activating group) is 1. The minimum atomic E-state index is -0.0244. The Morgan fingerprint density at radius 2 is 2.20 bits per heavy atom. The summed E-state index contributed by atoms with van der Waals surface area (Å²) in [5, 5.41) is 8.08. The molecule has 2 aromatic rings. The third-order valence-electron chi connectivity index (χ3n) is 3.03. The Hall–Kier alpha value is -1.30. The Bertz CT molecular complexity index is 524. The van der Waals surface area contributed by atoms with Crippen molar-refractivity contribution in [3.63, 3.8) is 0 Å². The van der Waals surface area contributed by atoms with E-state index in [-0.39, 0.29) is 24.4 Å². The second-order valence-electron chi connectivity index (χ2n) is 4.50. The summed E-state index contributed by atoms with van der Waals surface area (Å²) in [4.78, 5) is 13.4. The van der Waals surface area contributed by atoms with Gasteiger partial charge in [0, 0.05) is 23.7 Å². The number of nitrogens with zero attached hydrogens (tertiary/aromatic N) is 1. The van der Waals surface area contributed by atoms with E-state index in [0.29, 0.717) is 12.2 Å². The van der Waals surface area contributed by atoms with E-state index in [2.05, 4.69) is 16.7 Å². The van der Waals surface area contributed by atoms with Crippen molar-refractivity contribution in [1.29, 1.82) is 0 Å². The van der Waals surface area contributed by atoms with Crippen LogP contribution < -0.4 is 10.6 Å². The standard InChI is InChI=1S/C14H19N3OS.ClH/c1-11(15-2)9-16-14(18)13-6-3-7-17(13)10-12-5-4-8-19-12;/h3-8,11,15H,9-10H2,1-2H3,(H,16,18);1H. The third kappa shape index (κ3) is 4.37. The molecule has 0 radical (unpaired) electrons. The minimum absolute atomic E-state index is 0. The number of nitrogens with one attached hydrogen (secondary N) is 2. The highest BCUT2D eigenvalue weighted by Crippen LogP contribution is 2.13. The zero-order valence-corrected chi connectivity index (χ0v) is 13.3. The van der Waals surface area contributed by atoms with Crippen molar-refractivity contribution in [2.45, 2.75) is 19.5 Å². The first-order valence-electron chi connectivity index (χ1n) is 6.33. The lowest BCUT2D eigenvalue weighted by molar-refractivity contribution is 0.0942. The van der Waals surface area contributed by atoms with Crippen molar-refractivity contribution in [1.82, 2.24) is 15.2 Å². The molecule has 0 aliphatic heterocycles. The van der Waals surface area contributed by atoms with Crippen molar-refractivity contribution < 1.29 is 4.79 Å². The molecule has 0 fully saturated rings. The fourth-order valence-corrected chi connectivity index (χ4v) is 2.47. The molecule has 0 aliphatic rings. The molecule has 1 unspecified atom stereocenters. The van der Waals surface area contributed by atoms with Gasteiger partial charge in [-0.1, -0.05) is 6.07 Å². The number of thiophene rings is 1. The number of halogens is 1. The molecule has 6 heteroatoms. The van der Waals surface area contributed by atoms with Crippen LogP contribution in [0.25, 0.3) is 0 Å². The molecular weight excluding hydrogens is 294 g/mol. The molecule has 110 valence electrons. The van der Waals surface area contributed by atoms with E-state index in [1.807, 2.05) is 48.3 Å². The van der Waals surface area contributed by atoms with E-state index in [0.717, 1.165) is 6.54 Å². The van der Waals surface area contributed by atoms with E-state index in [9.17, 15) is 4.79 Å². The fourth-order valence-electron chi connectivity index (χ4n) is 1.77. The van der Waals surface area contributed by atoms with Gasteiger partial charge in [-0.05, 0) is 37.6 Å². The smallest absolute Gasteiger partial charge is 0.267 e. The van der Waals surface area contributed by atoms with Gasteiger partial charge in [0.2, 0.25) is 0 Å². The van der Waals surface area contributed by atoms with Crippen LogP contribution in [-0.4, -0.2) is 30.1 Å². The number of aromatic nitrogens is 1. The average Bonchev–Trinajstić information content (AvgIpc) is 3.07. The van der Waals surface area contributed by atoms with Gasteiger partial charge in [-0.15, -0.1) is 23.7 Å². The zero-order valence-electron chi connectivity index (χ0n) is 11.6. The van der Waals surface area contributed by atoms with Crippen LogP contribution in [0.3, 0.4) is 0 Å². The Labute approximate surface area is 129 Å². The molecule has 0 saturated carbocycles. The number of hydrogen-bond donors (Lipinski definition) is 2. The summed E-state index contributed by atoms with van der Waals surface area (Å²) in [5.41, 5.74) is 0.705. The van der Waals surface area contributed by atoms with Crippen LogP contribution in [0.15, 0.2) is 35.8 Å². The van der Waals surface area contributed by atoms with Crippen LogP contribution in [0.4, 0.5) is 0 Å². The maximum absolute atomic E-state index is 12.1.